The molecule has 0 aromatic heterocycles. The van der Waals surface area contributed by atoms with Gasteiger partial charge >= 0.3 is 0 Å². The number of hydrogen-bond acceptors (Lipinski definition) is 3. The van der Waals surface area contributed by atoms with Crippen molar-refractivity contribution in [3.05, 3.63) is 39.9 Å². The number of carbonyl (C=O) groups excluding carboxylic acids is 1. The minimum atomic E-state index is -0.499. The monoisotopic (exact) mass is 302 g/mol. The normalized spacial score (nSPS) is 32.0. The van der Waals surface area contributed by atoms with Crippen LogP contribution in [0.1, 0.15) is 50.4 Å². The fourth-order valence-corrected chi connectivity index (χ4v) is 4.48. The fraction of sp³-hybridized carbons (Fsp3) is 0.588. The van der Waals surface area contributed by atoms with E-state index in [1.165, 1.54) is 18.6 Å². The van der Waals surface area contributed by atoms with E-state index in [0.29, 0.717) is 5.92 Å². The quantitative estimate of drug-likeness (QED) is 0.685. The summed E-state index contributed by atoms with van der Waals surface area (Å²) >= 11 is 0. The molecule has 2 bridgehead atoms. The van der Waals surface area contributed by atoms with Crippen LogP contribution in [0.4, 0.5) is 5.69 Å². The van der Waals surface area contributed by atoms with Crippen LogP contribution in [0.2, 0.25) is 0 Å². The standard InChI is InChI=1S/C17H22N2O3/c1-16(2)11-8-9-17(16,3)14(10-11)18-15(20)12-6-4-5-7-13(12)19(21)22/h4-7,11,14H,8-10H2,1-3H3,(H,18,20). The molecule has 1 aromatic rings. The number of fused-ring (bicyclic) bond motifs is 2. The van der Waals surface area contributed by atoms with Crippen molar-refractivity contribution in [2.75, 3.05) is 0 Å². The maximum absolute atomic E-state index is 12.5. The lowest BCUT2D eigenvalue weighted by Crippen LogP contribution is -2.47. The molecule has 0 saturated heterocycles. The third kappa shape index (κ3) is 1.95. The number of benzene rings is 1. The Kier molecular flexibility index (Phi) is 3.27. The van der Waals surface area contributed by atoms with Gasteiger partial charge in [0.15, 0.2) is 0 Å². The van der Waals surface area contributed by atoms with Crippen LogP contribution in [0.3, 0.4) is 0 Å². The van der Waals surface area contributed by atoms with E-state index in [1.54, 1.807) is 12.1 Å². The van der Waals surface area contributed by atoms with Gasteiger partial charge in [0, 0.05) is 12.1 Å². The third-order valence-corrected chi connectivity index (χ3v) is 6.44. The zero-order valence-electron chi connectivity index (χ0n) is 13.3. The second kappa shape index (κ2) is 4.80. The number of hydrogen-bond donors (Lipinski definition) is 1. The summed E-state index contributed by atoms with van der Waals surface area (Å²) in [5.74, 6) is 0.287. The van der Waals surface area contributed by atoms with Gasteiger partial charge in [0.25, 0.3) is 11.6 Å². The Hall–Kier alpha value is -1.91. The first kappa shape index (κ1) is 15.0. The SMILES string of the molecule is CC1(C)C2CCC1(C)C(NC(=O)c1ccccc1[N+](=O)[O-])C2. The number of amides is 1. The second-order valence-corrected chi connectivity index (χ2v) is 7.41. The molecule has 3 unspecified atom stereocenters. The zero-order valence-corrected chi connectivity index (χ0v) is 13.3. The van der Waals surface area contributed by atoms with E-state index in [-0.39, 0.29) is 34.0 Å². The summed E-state index contributed by atoms with van der Waals surface area (Å²) in [7, 11) is 0. The minimum Gasteiger partial charge on any atom is -0.349 e. The molecule has 3 rings (SSSR count). The van der Waals surface area contributed by atoms with Gasteiger partial charge in [0.05, 0.1) is 4.92 Å². The summed E-state index contributed by atoms with van der Waals surface area (Å²) in [4.78, 5) is 23.1. The molecular formula is C17H22N2O3. The van der Waals surface area contributed by atoms with Gasteiger partial charge in [-0.1, -0.05) is 32.9 Å². The van der Waals surface area contributed by atoms with Crippen LogP contribution in [0.25, 0.3) is 0 Å². The molecule has 2 saturated carbocycles. The van der Waals surface area contributed by atoms with E-state index in [1.807, 2.05) is 0 Å². The predicted molar refractivity (Wildman–Crippen MR) is 83.6 cm³/mol. The summed E-state index contributed by atoms with van der Waals surface area (Å²) in [6.45, 7) is 6.80. The Morgan fingerprint density at radius 2 is 2.00 bits per heavy atom. The van der Waals surface area contributed by atoms with Crippen molar-refractivity contribution in [1.29, 1.82) is 0 Å². The molecule has 0 spiro atoms. The van der Waals surface area contributed by atoms with Gasteiger partial charge in [-0.25, -0.2) is 0 Å². The van der Waals surface area contributed by atoms with Crippen LogP contribution in [-0.4, -0.2) is 16.9 Å². The van der Waals surface area contributed by atoms with E-state index in [2.05, 4.69) is 26.1 Å². The van der Waals surface area contributed by atoms with Crippen LogP contribution in [0, 0.1) is 26.9 Å². The van der Waals surface area contributed by atoms with Crippen molar-refractivity contribution in [1.82, 2.24) is 5.32 Å². The number of rotatable bonds is 3. The molecule has 0 heterocycles. The van der Waals surface area contributed by atoms with Gasteiger partial charge in [-0.15, -0.1) is 0 Å². The summed E-state index contributed by atoms with van der Waals surface area (Å²) in [6, 6.07) is 6.23. The molecule has 0 radical (unpaired) electrons. The Balaban J connectivity index is 1.84. The molecule has 1 N–H and O–H groups in total. The number of carbonyl (C=O) groups is 1. The van der Waals surface area contributed by atoms with Gasteiger partial charge in [-0.2, -0.15) is 0 Å². The molecule has 2 aliphatic rings. The summed E-state index contributed by atoms with van der Waals surface area (Å²) in [6.07, 6.45) is 3.28. The van der Waals surface area contributed by atoms with Crippen molar-refractivity contribution < 1.29 is 9.72 Å². The van der Waals surface area contributed by atoms with Crippen LogP contribution in [0.5, 0.6) is 0 Å². The first-order valence-electron chi connectivity index (χ1n) is 7.81. The average molecular weight is 302 g/mol. The van der Waals surface area contributed by atoms with E-state index in [9.17, 15) is 14.9 Å². The van der Waals surface area contributed by atoms with E-state index in [0.717, 1.165) is 12.8 Å². The summed E-state index contributed by atoms with van der Waals surface area (Å²) in [5, 5.41) is 14.2. The van der Waals surface area contributed by atoms with Crippen molar-refractivity contribution >= 4 is 11.6 Å². The van der Waals surface area contributed by atoms with Gasteiger partial charge < -0.3 is 5.32 Å². The highest BCUT2D eigenvalue weighted by atomic mass is 16.6. The molecule has 2 fully saturated rings. The second-order valence-electron chi connectivity index (χ2n) is 7.41. The lowest BCUT2D eigenvalue weighted by molar-refractivity contribution is -0.385. The van der Waals surface area contributed by atoms with Crippen LogP contribution < -0.4 is 5.32 Å². The molecular weight excluding hydrogens is 280 g/mol. The first-order chi connectivity index (χ1) is 10.3. The average Bonchev–Trinajstić information content (AvgIpc) is 2.80. The number of nitrogens with one attached hydrogen (secondary N) is 1. The molecule has 2 aliphatic carbocycles. The topological polar surface area (TPSA) is 72.2 Å². The molecule has 118 valence electrons. The van der Waals surface area contributed by atoms with Gasteiger partial charge in [-0.3, -0.25) is 14.9 Å². The lowest BCUT2D eigenvalue weighted by atomic mass is 9.69. The van der Waals surface area contributed by atoms with E-state index >= 15 is 0 Å². The van der Waals surface area contributed by atoms with Crippen molar-refractivity contribution in [2.24, 2.45) is 16.7 Å². The maximum Gasteiger partial charge on any atom is 0.282 e. The van der Waals surface area contributed by atoms with E-state index < -0.39 is 4.92 Å². The summed E-state index contributed by atoms with van der Waals surface area (Å²) in [5.41, 5.74) is 0.286. The molecule has 5 heteroatoms. The molecule has 22 heavy (non-hydrogen) atoms. The molecule has 3 atom stereocenters. The van der Waals surface area contributed by atoms with Crippen LogP contribution in [0.15, 0.2) is 24.3 Å². The van der Waals surface area contributed by atoms with Crippen molar-refractivity contribution in [3.63, 3.8) is 0 Å². The summed E-state index contributed by atoms with van der Waals surface area (Å²) < 4.78 is 0. The highest BCUT2D eigenvalue weighted by Crippen LogP contribution is 2.65. The minimum absolute atomic E-state index is 0.0664. The highest BCUT2D eigenvalue weighted by molar-refractivity contribution is 5.98. The Morgan fingerprint density at radius 3 is 2.55 bits per heavy atom. The van der Waals surface area contributed by atoms with E-state index in [4.69, 9.17) is 0 Å². The van der Waals surface area contributed by atoms with Crippen molar-refractivity contribution in [2.45, 2.75) is 46.1 Å². The Labute approximate surface area is 130 Å². The lowest BCUT2D eigenvalue weighted by Gasteiger charge is -2.39. The zero-order chi connectivity index (χ0) is 16.1. The van der Waals surface area contributed by atoms with Crippen molar-refractivity contribution in [3.8, 4) is 0 Å². The molecule has 1 aromatic carbocycles. The highest BCUT2D eigenvalue weighted by Gasteiger charge is 2.61. The molecule has 0 aliphatic heterocycles. The smallest absolute Gasteiger partial charge is 0.282 e. The van der Waals surface area contributed by atoms with Crippen LogP contribution in [-0.2, 0) is 0 Å². The third-order valence-electron chi connectivity index (χ3n) is 6.44. The Morgan fingerprint density at radius 1 is 1.32 bits per heavy atom. The largest absolute Gasteiger partial charge is 0.349 e. The van der Waals surface area contributed by atoms with Gasteiger partial charge in [0.1, 0.15) is 5.56 Å². The Bertz CT molecular complexity index is 641. The predicted octanol–water partition coefficient (Wildman–Crippen LogP) is 3.54. The number of nitro groups is 1. The number of nitro benzene ring substituents is 1. The fourth-order valence-electron chi connectivity index (χ4n) is 4.48. The maximum atomic E-state index is 12.5. The van der Waals surface area contributed by atoms with Crippen LogP contribution >= 0.6 is 0 Å². The number of para-hydroxylation sites is 1. The molecule has 1 amide bonds. The van der Waals surface area contributed by atoms with Gasteiger partial charge in [0.2, 0.25) is 0 Å². The number of nitrogens with zero attached hydrogens (tertiary/aromatic N) is 1. The molecule has 5 nitrogen and oxygen atoms in total. The van der Waals surface area contributed by atoms with Gasteiger partial charge in [-0.05, 0) is 42.1 Å². The first-order valence-corrected chi connectivity index (χ1v) is 7.81.